The number of nitrogens with two attached hydrogens (primary N) is 1. The van der Waals surface area contributed by atoms with Crippen molar-refractivity contribution in [3.63, 3.8) is 0 Å². The van der Waals surface area contributed by atoms with Crippen LogP contribution in [0.25, 0.3) is 0 Å². The molecule has 0 aromatic carbocycles. The summed E-state index contributed by atoms with van der Waals surface area (Å²) < 4.78 is 4.46. The van der Waals surface area contributed by atoms with Crippen LogP contribution in [0.1, 0.15) is 11.3 Å². The smallest absolute Gasteiger partial charge is 0.311 e. The number of pyridine rings is 1. The Kier molecular flexibility index (Phi) is 3.02. The number of hydrogen-bond donors (Lipinski definition) is 1. The van der Waals surface area contributed by atoms with Gasteiger partial charge in [-0.2, -0.15) is 5.26 Å². The van der Waals surface area contributed by atoms with Crippen LogP contribution < -0.4 is 5.73 Å². The van der Waals surface area contributed by atoms with Crippen molar-refractivity contribution in [2.24, 2.45) is 0 Å². The number of methoxy groups -OCH3 is 1. The fraction of sp³-hybridized carbons (Fsp3) is 0.222. The molecular weight excluding hydrogens is 182 g/mol. The molecule has 0 aliphatic heterocycles. The molecule has 0 spiro atoms. The molecule has 1 aromatic rings. The number of carbonyl (C=O) groups excluding carboxylic acids is 1. The van der Waals surface area contributed by atoms with Crippen molar-refractivity contribution in [3.8, 4) is 6.07 Å². The minimum absolute atomic E-state index is 0.0142. The summed E-state index contributed by atoms with van der Waals surface area (Å²) in [6, 6.07) is 3.39. The number of carbonyl (C=O) groups is 1. The summed E-state index contributed by atoms with van der Waals surface area (Å²) in [6.07, 6.45) is 1.39. The Bertz CT molecular complexity index is 396. The molecule has 0 bridgehead atoms. The van der Waals surface area contributed by atoms with Crippen molar-refractivity contribution in [3.05, 3.63) is 23.5 Å². The average molecular weight is 191 g/mol. The van der Waals surface area contributed by atoms with E-state index >= 15 is 0 Å². The number of aromatic nitrogens is 1. The molecule has 0 radical (unpaired) electrons. The molecule has 5 nitrogen and oxygen atoms in total. The van der Waals surface area contributed by atoms with Crippen LogP contribution in [0.15, 0.2) is 12.3 Å². The molecule has 0 unspecified atom stereocenters. The zero-order valence-corrected chi connectivity index (χ0v) is 7.65. The lowest BCUT2D eigenvalue weighted by molar-refractivity contribution is -0.139. The van der Waals surface area contributed by atoms with Crippen LogP contribution in [0.3, 0.4) is 0 Å². The van der Waals surface area contributed by atoms with Gasteiger partial charge < -0.3 is 10.5 Å². The molecule has 2 N–H and O–H groups in total. The Balaban J connectivity index is 2.98. The van der Waals surface area contributed by atoms with Gasteiger partial charge in [0.05, 0.1) is 36.7 Å². The van der Waals surface area contributed by atoms with Gasteiger partial charge in [0.25, 0.3) is 0 Å². The maximum atomic E-state index is 10.9. The largest absolute Gasteiger partial charge is 0.469 e. The third-order valence-electron chi connectivity index (χ3n) is 1.65. The number of nitrogens with zero attached hydrogens (tertiary/aromatic N) is 2. The summed E-state index contributed by atoms with van der Waals surface area (Å²) in [5.41, 5.74) is 6.52. The lowest BCUT2D eigenvalue weighted by Gasteiger charge is -2.02. The second-order valence-corrected chi connectivity index (χ2v) is 2.63. The minimum atomic E-state index is -0.432. The van der Waals surface area contributed by atoms with E-state index in [1.807, 2.05) is 6.07 Å². The highest BCUT2D eigenvalue weighted by molar-refractivity contribution is 5.72. The zero-order valence-electron chi connectivity index (χ0n) is 7.65. The summed E-state index contributed by atoms with van der Waals surface area (Å²) in [6.45, 7) is 0. The van der Waals surface area contributed by atoms with E-state index in [1.54, 1.807) is 0 Å². The summed E-state index contributed by atoms with van der Waals surface area (Å²) >= 11 is 0. The van der Waals surface area contributed by atoms with Gasteiger partial charge in [-0.3, -0.25) is 9.78 Å². The molecule has 0 atom stereocenters. The maximum absolute atomic E-state index is 10.9. The van der Waals surface area contributed by atoms with Crippen molar-refractivity contribution in [1.82, 2.24) is 4.98 Å². The quantitative estimate of drug-likeness (QED) is 0.677. The van der Waals surface area contributed by atoms with E-state index in [1.165, 1.54) is 19.4 Å². The van der Waals surface area contributed by atoms with Crippen molar-refractivity contribution in [1.29, 1.82) is 5.26 Å². The van der Waals surface area contributed by atoms with Gasteiger partial charge in [-0.1, -0.05) is 0 Å². The van der Waals surface area contributed by atoms with E-state index in [4.69, 9.17) is 11.0 Å². The summed E-state index contributed by atoms with van der Waals surface area (Å²) in [5.74, 6) is -0.432. The van der Waals surface area contributed by atoms with Gasteiger partial charge >= 0.3 is 5.97 Å². The summed E-state index contributed by atoms with van der Waals surface area (Å²) in [4.78, 5) is 14.8. The predicted molar refractivity (Wildman–Crippen MR) is 49.1 cm³/mol. The van der Waals surface area contributed by atoms with Gasteiger partial charge in [0.15, 0.2) is 0 Å². The number of ether oxygens (including phenoxy) is 1. The first-order valence-electron chi connectivity index (χ1n) is 3.88. The first-order valence-corrected chi connectivity index (χ1v) is 3.88. The molecule has 0 saturated carbocycles. The number of nitriles is 1. The Morgan fingerprint density at radius 1 is 1.79 bits per heavy atom. The van der Waals surface area contributed by atoms with Crippen molar-refractivity contribution < 1.29 is 9.53 Å². The van der Waals surface area contributed by atoms with Gasteiger partial charge in [0.1, 0.15) is 6.07 Å². The molecule has 1 heterocycles. The fourth-order valence-corrected chi connectivity index (χ4v) is 0.956. The van der Waals surface area contributed by atoms with E-state index in [9.17, 15) is 4.79 Å². The van der Waals surface area contributed by atoms with Crippen molar-refractivity contribution >= 4 is 11.7 Å². The molecule has 0 saturated heterocycles. The molecule has 5 heteroatoms. The molecule has 0 aliphatic rings. The molecule has 1 aromatic heterocycles. The van der Waals surface area contributed by atoms with Crippen molar-refractivity contribution in [2.45, 2.75) is 6.42 Å². The Labute approximate surface area is 81.1 Å². The van der Waals surface area contributed by atoms with Crippen LogP contribution in [0.2, 0.25) is 0 Å². The van der Waals surface area contributed by atoms with E-state index in [0.29, 0.717) is 16.9 Å². The molecule has 0 fully saturated rings. The number of nitrogen functional groups attached to an aromatic ring is 1. The van der Waals surface area contributed by atoms with Crippen LogP contribution >= 0.6 is 0 Å². The zero-order chi connectivity index (χ0) is 10.6. The van der Waals surface area contributed by atoms with Crippen LogP contribution in [0, 0.1) is 11.3 Å². The average Bonchev–Trinajstić information content (AvgIpc) is 2.20. The minimum Gasteiger partial charge on any atom is -0.469 e. The van der Waals surface area contributed by atoms with Gasteiger partial charge in [-0.15, -0.1) is 0 Å². The normalized spacial score (nSPS) is 9.14. The SMILES string of the molecule is COC(=O)Cc1ncc(N)cc1C#N. The molecule has 0 amide bonds. The van der Waals surface area contributed by atoms with Crippen LogP contribution in [-0.4, -0.2) is 18.1 Å². The summed E-state index contributed by atoms with van der Waals surface area (Å²) in [7, 11) is 1.28. The highest BCUT2D eigenvalue weighted by Gasteiger charge is 2.09. The molecule has 14 heavy (non-hydrogen) atoms. The number of hydrogen-bond acceptors (Lipinski definition) is 5. The topological polar surface area (TPSA) is 89.0 Å². The maximum Gasteiger partial charge on any atom is 0.311 e. The molecule has 1 rings (SSSR count). The Morgan fingerprint density at radius 2 is 2.50 bits per heavy atom. The Morgan fingerprint density at radius 3 is 3.07 bits per heavy atom. The first kappa shape index (κ1) is 9.99. The number of rotatable bonds is 2. The van der Waals surface area contributed by atoms with Gasteiger partial charge in [0.2, 0.25) is 0 Å². The van der Waals surface area contributed by atoms with E-state index < -0.39 is 5.97 Å². The van der Waals surface area contributed by atoms with E-state index in [2.05, 4.69) is 9.72 Å². The number of esters is 1. The van der Waals surface area contributed by atoms with Crippen LogP contribution in [-0.2, 0) is 16.0 Å². The Hall–Kier alpha value is -2.09. The third kappa shape index (κ3) is 2.20. The van der Waals surface area contributed by atoms with E-state index in [0.717, 1.165) is 0 Å². The van der Waals surface area contributed by atoms with Crippen LogP contribution in [0.5, 0.6) is 0 Å². The molecular formula is C9H9N3O2. The number of anilines is 1. The monoisotopic (exact) mass is 191 g/mol. The van der Waals surface area contributed by atoms with Crippen molar-refractivity contribution in [2.75, 3.05) is 12.8 Å². The molecule has 0 aliphatic carbocycles. The van der Waals surface area contributed by atoms with Gasteiger partial charge in [0, 0.05) is 0 Å². The van der Waals surface area contributed by atoms with Gasteiger partial charge in [-0.05, 0) is 6.07 Å². The highest BCUT2D eigenvalue weighted by atomic mass is 16.5. The standard InChI is InChI=1S/C9H9N3O2/c1-14-9(13)3-8-6(4-10)2-7(11)5-12-8/h2,5H,3,11H2,1H3. The van der Waals surface area contributed by atoms with Gasteiger partial charge in [-0.25, -0.2) is 0 Å². The lowest BCUT2D eigenvalue weighted by Crippen LogP contribution is -2.08. The van der Waals surface area contributed by atoms with E-state index in [-0.39, 0.29) is 6.42 Å². The summed E-state index contributed by atoms with van der Waals surface area (Å²) in [5, 5.41) is 8.73. The highest BCUT2D eigenvalue weighted by Crippen LogP contribution is 2.10. The van der Waals surface area contributed by atoms with Crippen LogP contribution in [0.4, 0.5) is 5.69 Å². The second-order valence-electron chi connectivity index (χ2n) is 2.63. The third-order valence-corrected chi connectivity index (χ3v) is 1.65. The second kappa shape index (κ2) is 4.23. The fourth-order valence-electron chi connectivity index (χ4n) is 0.956. The first-order chi connectivity index (χ1) is 6.67. The predicted octanol–water partition coefficient (Wildman–Crippen LogP) is 0.251. The molecule has 72 valence electrons. The lowest BCUT2D eigenvalue weighted by atomic mass is 10.1.